The summed E-state index contributed by atoms with van der Waals surface area (Å²) >= 11 is 8.20. The van der Waals surface area contributed by atoms with Gasteiger partial charge < -0.3 is 16.8 Å². The number of carbonyl (C=O) groups excluding carboxylic acids is 1. The molecular weight excluding hydrogens is 377 g/mol. The number of nitrogens with one attached hydrogen (secondary N) is 1. The Hall–Kier alpha value is -1.47. The van der Waals surface area contributed by atoms with Gasteiger partial charge in [-0.2, -0.15) is 0 Å². The number of nitrogen functional groups attached to an aromatic ring is 2. The lowest BCUT2D eigenvalue weighted by Crippen LogP contribution is -2.14. The van der Waals surface area contributed by atoms with E-state index in [2.05, 4.69) is 27.9 Å². The van der Waals surface area contributed by atoms with Crippen molar-refractivity contribution in [3.63, 3.8) is 0 Å². The maximum atomic E-state index is 12.1. The largest absolute Gasteiger partial charge is 0.399 e. The molecule has 5 N–H and O–H groups in total. The monoisotopic (exact) mass is 387 g/mol. The van der Waals surface area contributed by atoms with Crippen LogP contribution in [0.4, 0.5) is 17.1 Å². The van der Waals surface area contributed by atoms with E-state index in [9.17, 15) is 4.79 Å². The molecule has 0 spiro atoms. The van der Waals surface area contributed by atoms with Crippen molar-refractivity contribution in [1.29, 1.82) is 0 Å². The summed E-state index contributed by atoms with van der Waals surface area (Å²) in [7, 11) is 0. The summed E-state index contributed by atoms with van der Waals surface area (Å²) in [5, 5.41) is 3.20. The van der Waals surface area contributed by atoms with E-state index in [1.165, 1.54) is 0 Å². The Labute approximate surface area is 129 Å². The van der Waals surface area contributed by atoms with Gasteiger partial charge >= 0.3 is 0 Å². The Morgan fingerprint density at radius 3 is 2.53 bits per heavy atom. The highest BCUT2D eigenvalue weighted by Gasteiger charge is 2.11. The maximum absolute atomic E-state index is 12.1. The fourth-order valence-electron chi connectivity index (χ4n) is 1.57. The first-order valence-corrected chi connectivity index (χ1v) is 6.84. The number of rotatable bonds is 2. The summed E-state index contributed by atoms with van der Waals surface area (Å²) < 4.78 is 0.993. The smallest absolute Gasteiger partial charge is 0.257 e. The van der Waals surface area contributed by atoms with Crippen molar-refractivity contribution in [3.05, 3.63) is 50.6 Å². The highest BCUT2D eigenvalue weighted by atomic mass is 127. The molecule has 0 radical (unpaired) electrons. The number of hydrogen-bond acceptors (Lipinski definition) is 3. The first kappa shape index (κ1) is 14.0. The summed E-state index contributed by atoms with van der Waals surface area (Å²) in [4.78, 5) is 12.1. The van der Waals surface area contributed by atoms with Crippen molar-refractivity contribution in [1.82, 2.24) is 0 Å². The van der Waals surface area contributed by atoms with Gasteiger partial charge in [0.2, 0.25) is 0 Å². The van der Waals surface area contributed by atoms with Crippen molar-refractivity contribution in [2.24, 2.45) is 0 Å². The molecule has 0 saturated carbocycles. The molecule has 4 nitrogen and oxygen atoms in total. The minimum Gasteiger partial charge on any atom is -0.399 e. The molecule has 0 aromatic heterocycles. The fourth-order valence-corrected chi connectivity index (χ4v) is 2.47. The van der Waals surface area contributed by atoms with Gasteiger partial charge in [-0.3, -0.25) is 4.79 Å². The molecule has 0 heterocycles. The molecule has 19 heavy (non-hydrogen) atoms. The molecule has 1 amide bonds. The van der Waals surface area contributed by atoms with Crippen LogP contribution < -0.4 is 16.8 Å². The molecule has 2 aromatic carbocycles. The fraction of sp³-hybridized carbons (Fsp3) is 0. The van der Waals surface area contributed by atoms with Crippen LogP contribution in [0.1, 0.15) is 10.4 Å². The normalized spacial score (nSPS) is 10.2. The van der Waals surface area contributed by atoms with Crippen LogP contribution in [-0.2, 0) is 0 Å². The number of nitrogens with two attached hydrogens (primary N) is 2. The predicted molar refractivity (Wildman–Crippen MR) is 87.4 cm³/mol. The molecule has 0 atom stereocenters. The summed E-state index contributed by atoms with van der Waals surface area (Å²) in [6.07, 6.45) is 0. The minimum atomic E-state index is -0.319. The van der Waals surface area contributed by atoms with Crippen LogP contribution in [0.25, 0.3) is 0 Å². The third-order valence-electron chi connectivity index (χ3n) is 2.50. The Kier molecular flexibility index (Phi) is 4.16. The van der Waals surface area contributed by atoms with E-state index in [1.807, 2.05) is 6.07 Å². The van der Waals surface area contributed by atoms with Crippen LogP contribution >= 0.6 is 34.2 Å². The van der Waals surface area contributed by atoms with Crippen LogP contribution in [0.5, 0.6) is 0 Å². The molecular formula is C13H11ClIN3O. The van der Waals surface area contributed by atoms with Gasteiger partial charge in [0, 0.05) is 14.9 Å². The van der Waals surface area contributed by atoms with E-state index < -0.39 is 0 Å². The Balaban J connectivity index is 2.25. The SMILES string of the molecule is Nc1ccc(C(=O)Nc2ccc(I)cc2Cl)c(N)c1. The van der Waals surface area contributed by atoms with Gasteiger partial charge in [0.1, 0.15) is 0 Å². The first-order valence-electron chi connectivity index (χ1n) is 5.39. The quantitative estimate of drug-likeness (QED) is 0.546. The highest BCUT2D eigenvalue weighted by molar-refractivity contribution is 14.1. The van der Waals surface area contributed by atoms with E-state index in [0.717, 1.165) is 3.57 Å². The van der Waals surface area contributed by atoms with Gasteiger partial charge in [-0.15, -0.1) is 0 Å². The molecule has 0 saturated heterocycles. The number of benzene rings is 2. The van der Waals surface area contributed by atoms with Crippen molar-refractivity contribution in [2.75, 3.05) is 16.8 Å². The summed E-state index contributed by atoms with van der Waals surface area (Å²) in [5.41, 5.74) is 13.1. The lowest BCUT2D eigenvalue weighted by molar-refractivity contribution is 0.102. The van der Waals surface area contributed by atoms with Crippen LogP contribution in [-0.4, -0.2) is 5.91 Å². The second-order valence-electron chi connectivity index (χ2n) is 3.92. The van der Waals surface area contributed by atoms with Crippen LogP contribution in [0.2, 0.25) is 5.02 Å². The lowest BCUT2D eigenvalue weighted by atomic mass is 10.1. The van der Waals surface area contributed by atoms with Crippen LogP contribution in [0, 0.1) is 3.57 Å². The lowest BCUT2D eigenvalue weighted by Gasteiger charge is -2.09. The predicted octanol–water partition coefficient (Wildman–Crippen LogP) is 3.36. The molecule has 2 rings (SSSR count). The molecule has 0 fully saturated rings. The molecule has 0 unspecified atom stereocenters. The zero-order chi connectivity index (χ0) is 14.0. The van der Waals surface area contributed by atoms with Crippen LogP contribution in [0.15, 0.2) is 36.4 Å². The van der Waals surface area contributed by atoms with E-state index in [-0.39, 0.29) is 5.91 Å². The average Bonchev–Trinajstić information content (AvgIpc) is 2.32. The Morgan fingerprint density at radius 1 is 1.16 bits per heavy atom. The van der Waals surface area contributed by atoms with E-state index in [4.69, 9.17) is 23.1 Å². The van der Waals surface area contributed by atoms with Gasteiger partial charge in [-0.05, 0) is 59.0 Å². The molecule has 6 heteroatoms. The second kappa shape index (κ2) is 5.66. The number of halogens is 2. The standard InChI is InChI=1S/C13H11ClIN3O/c14-10-5-7(15)1-4-12(10)18-13(19)9-3-2-8(16)6-11(9)17/h1-6H,16-17H2,(H,18,19). The highest BCUT2D eigenvalue weighted by Crippen LogP contribution is 2.25. The van der Waals surface area contributed by atoms with Crippen molar-refractivity contribution in [3.8, 4) is 0 Å². The van der Waals surface area contributed by atoms with Gasteiger partial charge in [0.05, 0.1) is 16.3 Å². The Bertz CT molecular complexity index is 646. The zero-order valence-corrected chi connectivity index (χ0v) is 12.7. The van der Waals surface area contributed by atoms with Crippen molar-refractivity contribution < 1.29 is 4.79 Å². The van der Waals surface area contributed by atoms with E-state index >= 15 is 0 Å². The number of anilines is 3. The first-order chi connectivity index (χ1) is 8.97. The van der Waals surface area contributed by atoms with Crippen molar-refractivity contribution in [2.45, 2.75) is 0 Å². The molecule has 2 aromatic rings. The van der Waals surface area contributed by atoms with Gasteiger partial charge in [-0.1, -0.05) is 11.6 Å². The second-order valence-corrected chi connectivity index (χ2v) is 5.58. The summed E-state index contributed by atoms with van der Waals surface area (Å²) in [6.45, 7) is 0. The third-order valence-corrected chi connectivity index (χ3v) is 3.48. The van der Waals surface area contributed by atoms with Gasteiger partial charge in [-0.25, -0.2) is 0 Å². The number of amides is 1. The van der Waals surface area contributed by atoms with Gasteiger partial charge in [0.25, 0.3) is 5.91 Å². The molecule has 0 aliphatic carbocycles. The summed E-state index contributed by atoms with van der Waals surface area (Å²) in [5.74, 6) is -0.319. The molecule has 0 bridgehead atoms. The minimum absolute atomic E-state index is 0.319. The van der Waals surface area contributed by atoms with Crippen molar-refractivity contribution >= 4 is 57.2 Å². The number of carbonyl (C=O) groups is 1. The van der Waals surface area contributed by atoms with E-state index in [0.29, 0.717) is 27.6 Å². The van der Waals surface area contributed by atoms with Gasteiger partial charge in [0.15, 0.2) is 0 Å². The Morgan fingerprint density at radius 2 is 1.89 bits per heavy atom. The topological polar surface area (TPSA) is 81.1 Å². The summed E-state index contributed by atoms with van der Waals surface area (Å²) in [6, 6.07) is 10.1. The number of hydrogen-bond donors (Lipinski definition) is 3. The molecule has 0 aliphatic rings. The molecule has 98 valence electrons. The molecule has 0 aliphatic heterocycles. The third kappa shape index (κ3) is 3.30. The maximum Gasteiger partial charge on any atom is 0.257 e. The van der Waals surface area contributed by atoms with Crippen LogP contribution in [0.3, 0.4) is 0 Å². The van der Waals surface area contributed by atoms with E-state index in [1.54, 1.807) is 30.3 Å². The average molecular weight is 388 g/mol. The zero-order valence-electron chi connectivity index (χ0n) is 9.78.